The van der Waals surface area contributed by atoms with Crippen molar-refractivity contribution in [2.75, 3.05) is 0 Å². The van der Waals surface area contributed by atoms with E-state index in [9.17, 15) is 0 Å². The fraction of sp³-hybridized carbons (Fsp3) is 0.200. The third-order valence-corrected chi connectivity index (χ3v) is 11.6. The van der Waals surface area contributed by atoms with Crippen molar-refractivity contribution in [3.05, 3.63) is 130 Å². The Morgan fingerprint density at radius 1 is 0.860 bits per heavy atom. The number of aryl methyl sites for hydroxylation is 2. The van der Waals surface area contributed by atoms with Crippen LogP contribution >= 0.6 is 11.8 Å². The molecule has 210 valence electrons. The summed E-state index contributed by atoms with van der Waals surface area (Å²) in [5.74, 6) is 0.418. The molecule has 0 spiro atoms. The molecule has 2 aromatic heterocycles. The number of para-hydroxylation sites is 1. The van der Waals surface area contributed by atoms with Gasteiger partial charge >= 0.3 is 0 Å². The maximum absolute atomic E-state index is 6.26. The van der Waals surface area contributed by atoms with E-state index in [4.69, 9.17) is 4.42 Å². The number of fused-ring (bicyclic) bond motifs is 10. The van der Waals surface area contributed by atoms with E-state index < -0.39 is 0 Å². The van der Waals surface area contributed by atoms with Gasteiger partial charge in [0.2, 0.25) is 0 Å². The topological polar surface area (TPSA) is 18.1 Å². The number of thioether (sulfide) groups is 1. The maximum atomic E-state index is 6.26. The lowest BCUT2D eigenvalue weighted by molar-refractivity contribution is 0.552. The zero-order chi connectivity index (χ0) is 29.0. The maximum Gasteiger partial charge on any atom is 0.135 e. The van der Waals surface area contributed by atoms with E-state index in [0.717, 1.165) is 17.6 Å². The van der Waals surface area contributed by atoms with Gasteiger partial charge in [-0.25, -0.2) is 0 Å². The summed E-state index contributed by atoms with van der Waals surface area (Å²) < 4.78 is 8.96. The van der Waals surface area contributed by atoms with Crippen molar-refractivity contribution in [1.29, 1.82) is 0 Å². The first-order chi connectivity index (χ1) is 20.9. The predicted octanol–water partition coefficient (Wildman–Crippen LogP) is 11.0. The molecule has 4 aromatic carbocycles. The van der Waals surface area contributed by atoms with Crippen LogP contribution in [0.5, 0.6) is 0 Å². The molecule has 0 bridgehead atoms. The molecule has 0 amide bonds. The molecule has 43 heavy (non-hydrogen) atoms. The molecule has 0 radical (unpaired) electrons. The van der Waals surface area contributed by atoms with Crippen molar-refractivity contribution in [3.8, 4) is 16.8 Å². The first kappa shape index (κ1) is 25.3. The summed E-state index contributed by atoms with van der Waals surface area (Å²) >= 11 is 2.01. The van der Waals surface area contributed by atoms with Crippen molar-refractivity contribution in [1.82, 2.24) is 4.57 Å². The molecular formula is C40H33NOS. The number of allylic oxidation sites excluding steroid dienone is 1. The monoisotopic (exact) mass is 575 g/mol. The van der Waals surface area contributed by atoms with Crippen molar-refractivity contribution in [2.24, 2.45) is 0 Å². The smallest absolute Gasteiger partial charge is 0.135 e. The number of hydrogen-bond acceptors (Lipinski definition) is 2. The summed E-state index contributed by atoms with van der Waals surface area (Å²) in [6, 6.07) is 29.1. The van der Waals surface area contributed by atoms with Crippen LogP contribution in [0.15, 0.2) is 100 Å². The van der Waals surface area contributed by atoms with E-state index in [-0.39, 0.29) is 5.41 Å². The van der Waals surface area contributed by atoms with E-state index in [2.05, 4.69) is 135 Å². The van der Waals surface area contributed by atoms with Crippen LogP contribution in [0.3, 0.4) is 0 Å². The molecule has 0 saturated heterocycles. The highest BCUT2D eigenvalue weighted by molar-refractivity contribution is 8.00. The van der Waals surface area contributed by atoms with Crippen LogP contribution in [0.1, 0.15) is 65.4 Å². The molecular weight excluding hydrogens is 543 g/mol. The molecule has 0 N–H and O–H groups in total. The standard InChI is InChI=1S/C40H33NOS/c1-23-15-18-33-30(21-23)31-22-26(16-19-34(31)42-33)27-11-7-9-24(2)37(27)41-38-25(3)10-8-12-28(38)29-17-20-36-40(4,39(29)41)32-13-5-6-14-35(32)43-36/h5-9,11-22,25,36H,10H2,1-4H3. The molecule has 9 rings (SSSR count). The van der Waals surface area contributed by atoms with Crippen LogP contribution in [0.2, 0.25) is 0 Å². The lowest BCUT2D eigenvalue weighted by atomic mass is 9.72. The number of nitrogens with zero attached hydrogens (tertiary/aromatic N) is 1. The average molecular weight is 576 g/mol. The van der Waals surface area contributed by atoms with Crippen LogP contribution in [0.25, 0.3) is 50.9 Å². The quantitative estimate of drug-likeness (QED) is 0.204. The molecule has 2 aliphatic carbocycles. The number of furan rings is 1. The third kappa shape index (κ3) is 3.37. The van der Waals surface area contributed by atoms with Crippen molar-refractivity contribution < 1.29 is 4.42 Å². The first-order valence-corrected chi connectivity index (χ1v) is 16.2. The molecule has 6 aromatic rings. The molecule has 0 fully saturated rings. The second-order valence-electron chi connectivity index (χ2n) is 12.8. The Morgan fingerprint density at radius 3 is 2.56 bits per heavy atom. The Hall–Kier alpha value is -4.21. The van der Waals surface area contributed by atoms with Gasteiger partial charge < -0.3 is 8.98 Å². The minimum atomic E-state index is -0.141. The lowest BCUT2D eigenvalue weighted by Gasteiger charge is -2.36. The van der Waals surface area contributed by atoms with Crippen molar-refractivity contribution in [2.45, 2.75) is 55.6 Å². The highest BCUT2D eigenvalue weighted by Gasteiger charge is 2.50. The fourth-order valence-electron chi connectivity index (χ4n) is 8.03. The minimum Gasteiger partial charge on any atom is -0.456 e. The van der Waals surface area contributed by atoms with E-state index in [1.165, 1.54) is 71.7 Å². The Kier molecular flexibility index (Phi) is 5.24. The first-order valence-electron chi connectivity index (χ1n) is 15.4. The van der Waals surface area contributed by atoms with Gasteiger partial charge in [0.15, 0.2) is 0 Å². The fourth-order valence-corrected chi connectivity index (χ4v) is 9.50. The van der Waals surface area contributed by atoms with Gasteiger partial charge in [0, 0.05) is 54.9 Å². The number of hydrogen-bond donors (Lipinski definition) is 0. The van der Waals surface area contributed by atoms with Crippen LogP contribution in [-0.2, 0) is 5.41 Å². The normalized spacial score (nSPS) is 21.7. The van der Waals surface area contributed by atoms with Gasteiger partial charge in [-0.1, -0.05) is 85.3 Å². The Balaban J connectivity index is 1.37. The predicted molar refractivity (Wildman–Crippen MR) is 182 cm³/mol. The molecule has 3 unspecified atom stereocenters. The molecule has 2 nitrogen and oxygen atoms in total. The lowest BCUT2D eigenvalue weighted by Crippen LogP contribution is -2.36. The van der Waals surface area contributed by atoms with Crippen LogP contribution in [0.4, 0.5) is 0 Å². The van der Waals surface area contributed by atoms with Gasteiger partial charge in [0.1, 0.15) is 11.2 Å². The van der Waals surface area contributed by atoms with Gasteiger partial charge in [-0.3, -0.25) is 0 Å². The third-order valence-electron chi connectivity index (χ3n) is 10.1. The zero-order valence-corrected chi connectivity index (χ0v) is 25.8. The number of aromatic nitrogens is 1. The van der Waals surface area contributed by atoms with E-state index in [0.29, 0.717) is 11.2 Å². The molecule has 3 atom stereocenters. The van der Waals surface area contributed by atoms with Crippen molar-refractivity contribution in [3.63, 3.8) is 0 Å². The van der Waals surface area contributed by atoms with Gasteiger partial charge in [0.25, 0.3) is 0 Å². The van der Waals surface area contributed by atoms with Crippen LogP contribution in [0, 0.1) is 13.8 Å². The van der Waals surface area contributed by atoms with Gasteiger partial charge in [0.05, 0.1) is 11.1 Å². The summed E-state index contributed by atoms with van der Waals surface area (Å²) in [5.41, 5.74) is 15.2. The summed E-state index contributed by atoms with van der Waals surface area (Å²) in [4.78, 5) is 1.40. The highest BCUT2D eigenvalue weighted by Crippen LogP contribution is 2.59. The molecule has 1 aliphatic heterocycles. The second kappa shape index (κ2) is 8.90. The zero-order valence-electron chi connectivity index (χ0n) is 24.9. The Labute approximate surface area is 256 Å². The van der Waals surface area contributed by atoms with Gasteiger partial charge in [-0.2, -0.15) is 0 Å². The largest absolute Gasteiger partial charge is 0.456 e. The van der Waals surface area contributed by atoms with E-state index >= 15 is 0 Å². The summed E-state index contributed by atoms with van der Waals surface area (Å²) in [7, 11) is 0. The van der Waals surface area contributed by atoms with E-state index in [1.807, 2.05) is 11.8 Å². The highest BCUT2D eigenvalue weighted by atomic mass is 32.2. The summed E-state index contributed by atoms with van der Waals surface area (Å²) in [6.07, 6.45) is 10.7. The number of benzene rings is 4. The Bertz CT molecular complexity index is 2210. The second-order valence-corrected chi connectivity index (χ2v) is 14.0. The minimum absolute atomic E-state index is 0.141. The van der Waals surface area contributed by atoms with Gasteiger partial charge in [-0.15, -0.1) is 11.8 Å². The van der Waals surface area contributed by atoms with Crippen molar-refractivity contribution >= 4 is 45.9 Å². The molecule has 3 heteroatoms. The summed E-state index contributed by atoms with van der Waals surface area (Å²) in [6.45, 7) is 9.32. The molecule has 3 heterocycles. The Morgan fingerprint density at radius 2 is 1.67 bits per heavy atom. The summed E-state index contributed by atoms with van der Waals surface area (Å²) in [5, 5.41) is 2.71. The van der Waals surface area contributed by atoms with Crippen LogP contribution in [-0.4, -0.2) is 9.82 Å². The molecule has 0 saturated carbocycles. The average Bonchev–Trinajstić information content (AvgIpc) is 3.65. The number of rotatable bonds is 2. The molecule has 3 aliphatic rings. The SMILES string of the molecule is Cc1ccc2oc3ccc(-c4cccc(C)c4-n4c5c(c6c4C4(C)c7ccccc7SC4C=C6)C=CCC5C)cc3c2c1. The van der Waals surface area contributed by atoms with Crippen LogP contribution < -0.4 is 0 Å². The van der Waals surface area contributed by atoms with Gasteiger partial charge in [-0.05, 0) is 74.2 Å². The van der Waals surface area contributed by atoms with E-state index in [1.54, 1.807) is 0 Å².